The molecular weight excluding hydrogens is 346 g/mol. The Bertz CT molecular complexity index is 811. The van der Waals surface area contributed by atoms with E-state index in [1.165, 1.54) is 12.1 Å². The van der Waals surface area contributed by atoms with Gasteiger partial charge in [0.15, 0.2) is 17.9 Å². The number of ether oxygens (including phenoxy) is 2. The Kier molecular flexibility index (Phi) is 5.58. The van der Waals surface area contributed by atoms with Crippen LogP contribution in [0.4, 0.5) is 28.9 Å². The van der Waals surface area contributed by atoms with Crippen LogP contribution < -0.4 is 10.1 Å². The molecule has 0 atom stereocenters. The van der Waals surface area contributed by atoms with Crippen LogP contribution in [-0.4, -0.2) is 26.0 Å². The van der Waals surface area contributed by atoms with E-state index >= 15 is 0 Å². The first-order valence-electron chi connectivity index (χ1n) is 6.74. The van der Waals surface area contributed by atoms with E-state index in [-0.39, 0.29) is 28.8 Å². The summed E-state index contributed by atoms with van der Waals surface area (Å²) in [4.78, 5) is 22.9. The molecule has 0 aliphatic heterocycles. The second kappa shape index (κ2) is 7.65. The molecular formula is C16H11F4NO4. The number of hydrogen-bond acceptors (Lipinski definition) is 5. The number of methoxy groups -OCH3 is 1. The van der Waals surface area contributed by atoms with E-state index in [0.29, 0.717) is 12.1 Å². The highest BCUT2D eigenvalue weighted by Crippen LogP contribution is 2.31. The number of halogens is 4. The number of anilines is 2. The molecule has 2 aromatic carbocycles. The molecule has 2 aromatic rings. The van der Waals surface area contributed by atoms with Crippen LogP contribution in [-0.2, 0) is 4.74 Å². The fourth-order valence-corrected chi connectivity index (χ4v) is 2.05. The zero-order valence-corrected chi connectivity index (χ0v) is 12.7. The summed E-state index contributed by atoms with van der Waals surface area (Å²) in [5.41, 5.74) is -0.908. The average Bonchev–Trinajstić information content (AvgIpc) is 2.57. The minimum absolute atomic E-state index is 0.0516. The van der Waals surface area contributed by atoms with E-state index in [2.05, 4.69) is 14.8 Å². The molecule has 0 radical (unpaired) electrons. The molecule has 0 amide bonds. The molecule has 1 N–H and O–H groups in total. The molecule has 0 saturated carbocycles. The molecule has 0 spiro atoms. The number of carbonyl (C=O) groups excluding carboxylic acids is 2. The normalized spacial score (nSPS) is 10.5. The zero-order chi connectivity index (χ0) is 18.6. The monoisotopic (exact) mass is 357 g/mol. The van der Waals surface area contributed by atoms with Gasteiger partial charge >= 0.3 is 12.6 Å². The third-order valence-electron chi connectivity index (χ3n) is 3.14. The Labute approximate surface area is 139 Å². The van der Waals surface area contributed by atoms with E-state index in [1.807, 2.05) is 0 Å². The molecule has 5 nitrogen and oxygen atoms in total. The Morgan fingerprint density at radius 1 is 1.16 bits per heavy atom. The van der Waals surface area contributed by atoms with Gasteiger partial charge in [-0.25, -0.2) is 13.6 Å². The van der Waals surface area contributed by atoms with Crippen molar-refractivity contribution in [1.29, 1.82) is 0 Å². The quantitative estimate of drug-likeness (QED) is 0.482. The van der Waals surface area contributed by atoms with E-state index in [1.54, 1.807) is 0 Å². The maximum atomic E-state index is 13.5. The third-order valence-corrected chi connectivity index (χ3v) is 3.14. The number of hydrogen-bond donors (Lipinski definition) is 1. The van der Waals surface area contributed by atoms with Gasteiger partial charge in [0.05, 0.1) is 29.6 Å². The molecule has 0 bridgehead atoms. The Morgan fingerprint density at radius 2 is 1.84 bits per heavy atom. The number of benzene rings is 2. The molecule has 0 fully saturated rings. The molecule has 9 heteroatoms. The molecule has 0 heterocycles. The molecule has 25 heavy (non-hydrogen) atoms. The fourth-order valence-electron chi connectivity index (χ4n) is 2.05. The fraction of sp³-hybridized carbons (Fsp3) is 0.125. The van der Waals surface area contributed by atoms with Gasteiger partial charge in [-0.3, -0.25) is 4.79 Å². The predicted octanol–water partition coefficient (Wildman–Crippen LogP) is 3.91. The molecule has 0 aromatic heterocycles. The Hall–Kier alpha value is -3.10. The van der Waals surface area contributed by atoms with Crippen molar-refractivity contribution in [3.63, 3.8) is 0 Å². The van der Waals surface area contributed by atoms with Crippen molar-refractivity contribution in [2.24, 2.45) is 0 Å². The summed E-state index contributed by atoms with van der Waals surface area (Å²) in [6.07, 6.45) is 0.248. The van der Waals surface area contributed by atoms with Crippen LogP contribution in [0.1, 0.15) is 20.7 Å². The summed E-state index contributed by atoms with van der Waals surface area (Å²) in [6, 6.07) is 5.03. The van der Waals surface area contributed by atoms with Crippen LogP contribution in [0.3, 0.4) is 0 Å². The lowest BCUT2D eigenvalue weighted by atomic mass is 10.1. The van der Waals surface area contributed by atoms with Gasteiger partial charge in [-0.1, -0.05) is 6.07 Å². The standard InChI is InChI=1S/C16H11F4NO4/c1-24-15(23)8-5-10(17)11(18)6-13(8)21-12-3-2-4-14(9(12)7-22)25-16(19)20/h2-7,16,21H,1H3. The van der Waals surface area contributed by atoms with Gasteiger partial charge in [0, 0.05) is 6.07 Å². The van der Waals surface area contributed by atoms with Crippen molar-refractivity contribution < 1.29 is 36.6 Å². The van der Waals surface area contributed by atoms with Gasteiger partial charge in [0.2, 0.25) is 0 Å². The summed E-state index contributed by atoms with van der Waals surface area (Å²) in [5, 5.41) is 2.53. The van der Waals surface area contributed by atoms with Gasteiger partial charge in [-0.15, -0.1) is 0 Å². The molecule has 0 unspecified atom stereocenters. The smallest absolute Gasteiger partial charge is 0.387 e. The highest BCUT2D eigenvalue weighted by Gasteiger charge is 2.19. The summed E-state index contributed by atoms with van der Waals surface area (Å²) >= 11 is 0. The minimum Gasteiger partial charge on any atom is -0.465 e. The lowest BCUT2D eigenvalue weighted by molar-refractivity contribution is -0.0500. The van der Waals surface area contributed by atoms with Crippen molar-refractivity contribution in [3.05, 3.63) is 53.1 Å². The number of rotatable bonds is 6. The maximum Gasteiger partial charge on any atom is 0.387 e. The first kappa shape index (κ1) is 18.2. The number of alkyl halides is 2. The lowest BCUT2D eigenvalue weighted by Gasteiger charge is -2.15. The van der Waals surface area contributed by atoms with Crippen molar-refractivity contribution in [1.82, 2.24) is 0 Å². The summed E-state index contributed by atoms with van der Waals surface area (Å²) in [5.74, 6) is -3.93. The minimum atomic E-state index is -3.16. The van der Waals surface area contributed by atoms with E-state index in [4.69, 9.17) is 0 Å². The van der Waals surface area contributed by atoms with Crippen molar-refractivity contribution in [2.75, 3.05) is 12.4 Å². The molecule has 0 aliphatic carbocycles. The largest absolute Gasteiger partial charge is 0.465 e. The van der Waals surface area contributed by atoms with Crippen LogP contribution in [0.5, 0.6) is 5.75 Å². The highest BCUT2D eigenvalue weighted by atomic mass is 19.3. The van der Waals surface area contributed by atoms with Gasteiger partial charge < -0.3 is 14.8 Å². The lowest BCUT2D eigenvalue weighted by Crippen LogP contribution is -2.09. The molecule has 2 rings (SSSR count). The second-order valence-corrected chi connectivity index (χ2v) is 4.64. The first-order valence-corrected chi connectivity index (χ1v) is 6.74. The van der Waals surface area contributed by atoms with Crippen molar-refractivity contribution in [3.8, 4) is 5.75 Å². The summed E-state index contributed by atoms with van der Waals surface area (Å²) in [6.45, 7) is -3.16. The number of carbonyl (C=O) groups is 2. The van der Waals surface area contributed by atoms with Crippen LogP contribution >= 0.6 is 0 Å². The van der Waals surface area contributed by atoms with Crippen molar-refractivity contribution >= 4 is 23.6 Å². The van der Waals surface area contributed by atoms with Crippen molar-refractivity contribution in [2.45, 2.75) is 6.61 Å². The Balaban J connectivity index is 2.51. The zero-order valence-electron chi connectivity index (χ0n) is 12.7. The van der Waals surface area contributed by atoms with Crippen LogP contribution in [0, 0.1) is 11.6 Å². The van der Waals surface area contributed by atoms with Crippen LogP contribution in [0.25, 0.3) is 0 Å². The Morgan fingerprint density at radius 3 is 2.44 bits per heavy atom. The number of aldehydes is 1. The van der Waals surface area contributed by atoms with Gasteiger partial charge in [-0.2, -0.15) is 8.78 Å². The van der Waals surface area contributed by atoms with Gasteiger partial charge in [0.1, 0.15) is 5.75 Å². The average molecular weight is 357 g/mol. The first-order chi connectivity index (χ1) is 11.9. The number of esters is 1. The summed E-state index contributed by atoms with van der Waals surface area (Å²) < 4.78 is 60.4. The maximum absolute atomic E-state index is 13.5. The van der Waals surface area contributed by atoms with Crippen LogP contribution in [0.2, 0.25) is 0 Å². The van der Waals surface area contributed by atoms with Gasteiger partial charge in [0.25, 0.3) is 0 Å². The number of nitrogens with one attached hydrogen (secondary N) is 1. The summed E-state index contributed by atoms with van der Waals surface area (Å²) in [7, 11) is 1.04. The van der Waals surface area contributed by atoms with E-state index < -0.39 is 30.0 Å². The van der Waals surface area contributed by atoms with E-state index in [0.717, 1.165) is 13.2 Å². The van der Waals surface area contributed by atoms with Gasteiger partial charge in [-0.05, 0) is 18.2 Å². The van der Waals surface area contributed by atoms with E-state index in [9.17, 15) is 27.2 Å². The topological polar surface area (TPSA) is 64.6 Å². The third kappa shape index (κ3) is 4.06. The second-order valence-electron chi connectivity index (χ2n) is 4.64. The highest BCUT2D eigenvalue weighted by molar-refractivity contribution is 5.98. The predicted molar refractivity (Wildman–Crippen MR) is 79.4 cm³/mol. The molecule has 132 valence electrons. The molecule has 0 saturated heterocycles. The van der Waals surface area contributed by atoms with Crippen LogP contribution in [0.15, 0.2) is 30.3 Å². The SMILES string of the molecule is COC(=O)c1cc(F)c(F)cc1Nc1cccc(OC(F)F)c1C=O. The molecule has 0 aliphatic rings.